The summed E-state index contributed by atoms with van der Waals surface area (Å²) in [6.45, 7) is 2.84. The molecule has 120 valence electrons. The molecular formula is C16H18BrN5O. The molecule has 7 heteroatoms. The Kier molecular flexibility index (Phi) is 3.50. The van der Waals surface area contributed by atoms with Gasteiger partial charge in [-0.25, -0.2) is 4.68 Å². The van der Waals surface area contributed by atoms with Crippen LogP contribution in [0, 0.1) is 6.92 Å². The van der Waals surface area contributed by atoms with E-state index in [-0.39, 0.29) is 17.5 Å². The van der Waals surface area contributed by atoms with Crippen molar-refractivity contribution in [3.05, 3.63) is 40.1 Å². The molecule has 1 aliphatic heterocycles. The Balaban J connectivity index is 1.57. The average Bonchev–Trinajstić information content (AvgIpc) is 3.05. The molecule has 2 N–H and O–H groups in total. The first-order valence-corrected chi connectivity index (χ1v) is 8.62. The van der Waals surface area contributed by atoms with Gasteiger partial charge in [-0.15, -0.1) is 5.10 Å². The first kappa shape index (κ1) is 14.8. The van der Waals surface area contributed by atoms with Gasteiger partial charge in [0.25, 0.3) is 5.91 Å². The van der Waals surface area contributed by atoms with Crippen LogP contribution in [0.5, 0.6) is 0 Å². The quantitative estimate of drug-likeness (QED) is 0.859. The highest BCUT2D eigenvalue weighted by atomic mass is 79.9. The Bertz CT molecular complexity index is 768. The van der Waals surface area contributed by atoms with E-state index in [2.05, 4.69) is 36.9 Å². The van der Waals surface area contributed by atoms with E-state index in [1.54, 1.807) is 4.68 Å². The van der Waals surface area contributed by atoms with Crippen LogP contribution in [0.3, 0.4) is 0 Å². The van der Waals surface area contributed by atoms with Gasteiger partial charge in [0, 0.05) is 16.1 Å². The predicted octanol–water partition coefficient (Wildman–Crippen LogP) is 1.96. The second-order valence-electron chi connectivity index (χ2n) is 6.31. The second-order valence-corrected chi connectivity index (χ2v) is 7.23. The summed E-state index contributed by atoms with van der Waals surface area (Å²) in [5, 5.41) is 14.9. The van der Waals surface area contributed by atoms with Crippen molar-refractivity contribution < 1.29 is 4.79 Å². The third kappa shape index (κ3) is 2.57. The van der Waals surface area contributed by atoms with Gasteiger partial charge in [-0.3, -0.25) is 4.79 Å². The van der Waals surface area contributed by atoms with E-state index in [9.17, 15) is 4.79 Å². The molecule has 1 spiro atoms. The number of amides is 1. The number of halogens is 1. The van der Waals surface area contributed by atoms with E-state index >= 15 is 0 Å². The first-order valence-electron chi connectivity index (χ1n) is 7.83. The van der Waals surface area contributed by atoms with Crippen LogP contribution in [0.25, 0.3) is 5.69 Å². The van der Waals surface area contributed by atoms with Gasteiger partial charge < -0.3 is 10.6 Å². The molecule has 2 aromatic rings. The zero-order valence-electron chi connectivity index (χ0n) is 12.8. The molecule has 1 aromatic heterocycles. The van der Waals surface area contributed by atoms with E-state index in [1.807, 2.05) is 31.2 Å². The smallest absolute Gasteiger partial charge is 0.274 e. The minimum atomic E-state index is -0.135. The molecule has 2 fully saturated rings. The van der Waals surface area contributed by atoms with Crippen LogP contribution in [0.4, 0.5) is 0 Å². The van der Waals surface area contributed by atoms with Crippen LogP contribution in [-0.4, -0.2) is 39.0 Å². The molecule has 1 saturated carbocycles. The SMILES string of the molecule is Cc1c(C(=O)NC2CCNC23CC3)nnn1-c1cccc(Br)c1. The van der Waals surface area contributed by atoms with Crippen LogP contribution in [0.2, 0.25) is 0 Å². The number of carbonyl (C=O) groups excluding carboxylic acids is 1. The average molecular weight is 376 g/mol. The number of hydrogen-bond acceptors (Lipinski definition) is 4. The molecule has 0 bridgehead atoms. The summed E-state index contributed by atoms with van der Waals surface area (Å²) in [4.78, 5) is 12.6. The number of carbonyl (C=O) groups is 1. The van der Waals surface area contributed by atoms with E-state index in [4.69, 9.17) is 0 Å². The summed E-state index contributed by atoms with van der Waals surface area (Å²) in [5.74, 6) is -0.135. The van der Waals surface area contributed by atoms with E-state index in [1.165, 1.54) is 0 Å². The largest absolute Gasteiger partial charge is 0.346 e. The minimum Gasteiger partial charge on any atom is -0.346 e. The molecule has 1 aromatic carbocycles. The maximum absolute atomic E-state index is 12.6. The highest BCUT2D eigenvalue weighted by molar-refractivity contribution is 9.10. The normalized spacial score (nSPS) is 21.6. The van der Waals surface area contributed by atoms with Gasteiger partial charge in [0.2, 0.25) is 0 Å². The van der Waals surface area contributed by atoms with Gasteiger partial charge >= 0.3 is 0 Å². The van der Waals surface area contributed by atoms with Crippen molar-refractivity contribution in [2.75, 3.05) is 6.54 Å². The monoisotopic (exact) mass is 375 g/mol. The van der Waals surface area contributed by atoms with E-state index < -0.39 is 0 Å². The summed E-state index contributed by atoms with van der Waals surface area (Å²) in [6, 6.07) is 7.97. The van der Waals surface area contributed by atoms with Crippen LogP contribution >= 0.6 is 15.9 Å². The van der Waals surface area contributed by atoms with Crippen molar-refractivity contribution in [2.24, 2.45) is 0 Å². The third-order valence-electron chi connectivity index (χ3n) is 4.83. The van der Waals surface area contributed by atoms with Gasteiger partial charge in [-0.2, -0.15) is 0 Å². The fourth-order valence-electron chi connectivity index (χ4n) is 3.35. The number of aromatic nitrogens is 3. The lowest BCUT2D eigenvalue weighted by Gasteiger charge is -2.19. The Labute approximate surface area is 142 Å². The lowest BCUT2D eigenvalue weighted by atomic mass is 10.1. The van der Waals surface area contributed by atoms with Crippen molar-refractivity contribution >= 4 is 21.8 Å². The zero-order chi connectivity index (χ0) is 16.0. The van der Waals surface area contributed by atoms with Gasteiger partial charge in [-0.05, 0) is 50.9 Å². The first-order chi connectivity index (χ1) is 11.1. The van der Waals surface area contributed by atoms with Crippen LogP contribution in [-0.2, 0) is 0 Å². The summed E-state index contributed by atoms with van der Waals surface area (Å²) in [6.07, 6.45) is 3.26. The highest BCUT2D eigenvalue weighted by Gasteiger charge is 2.52. The standard InChI is InChI=1S/C16H18BrN5O/c1-10-14(15(23)19-13-5-8-18-16(13)6-7-16)20-21-22(10)12-4-2-3-11(17)9-12/h2-4,9,13,18H,5-8H2,1H3,(H,19,23). The molecule has 4 rings (SSSR count). The molecule has 1 amide bonds. The van der Waals surface area contributed by atoms with Crippen molar-refractivity contribution in [1.82, 2.24) is 25.6 Å². The maximum Gasteiger partial charge on any atom is 0.274 e. The van der Waals surface area contributed by atoms with Gasteiger partial charge in [0.05, 0.1) is 11.4 Å². The fraction of sp³-hybridized carbons (Fsp3) is 0.438. The molecule has 1 saturated heterocycles. The Morgan fingerprint density at radius 3 is 3.04 bits per heavy atom. The minimum absolute atomic E-state index is 0.135. The lowest BCUT2D eigenvalue weighted by Crippen LogP contribution is -2.45. The third-order valence-corrected chi connectivity index (χ3v) is 5.33. The zero-order valence-corrected chi connectivity index (χ0v) is 14.4. The summed E-state index contributed by atoms with van der Waals surface area (Å²) < 4.78 is 2.66. The molecule has 1 aliphatic carbocycles. The number of nitrogens with zero attached hydrogens (tertiary/aromatic N) is 3. The van der Waals surface area contributed by atoms with Gasteiger partial charge in [-0.1, -0.05) is 27.2 Å². The molecule has 6 nitrogen and oxygen atoms in total. The van der Waals surface area contributed by atoms with Gasteiger partial charge in [0.15, 0.2) is 5.69 Å². The summed E-state index contributed by atoms with van der Waals surface area (Å²) in [7, 11) is 0. The number of rotatable bonds is 3. The number of benzene rings is 1. The van der Waals surface area contributed by atoms with Crippen LogP contribution < -0.4 is 10.6 Å². The maximum atomic E-state index is 12.6. The molecular weight excluding hydrogens is 358 g/mol. The second kappa shape index (κ2) is 5.42. The molecule has 1 unspecified atom stereocenters. The van der Waals surface area contributed by atoms with Crippen molar-refractivity contribution in [3.8, 4) is 5.69 Å². The Hall–Kier alpha value is -1.73. The molecule has 23 heavy (non-hydrogen) atoms. The Morgan fingerprint density at radius 2 is 2.30 bits per heavy atom. The van der Waals surface area contributed by atoms with Crippen molar-refractivity contribution in [1.29, 1.82) is 0 Å². The molecule has 2 aliphatic rings. The number of hydrogen-bond donors (Lipinski definition) is 2. The fourth-order valence-corrected chi connectivity index (χ4v) is 3.74. The van der Waals surface area contributed by atoms with E-state index in [0.717, 1.165) is 41.7 Å². The molecule has 0 radical (unpaired) electrons. The van der Waals surface area contributed by atoms with Crippen LogP contribution in [0.1, 0.15) is 35.4 Å². The number of nitrogens with one attached hydrogen (secondary N) is 2. The van der Waals surface area contributed by atoms with Crippen LogP contribution in [0.15, 0.2) is 28.7 Å². The predicted molar refractivity (Wildman–Crippen MR) is 89.6 cm³/mol. The van der Waals surface area contributed by atoms with E-state index in [0.29, 0.717) is 5.69 Å². The summed E-state index contributed by atoms with van der Waals surface area (Å²) >= 11 is 3.45. The molecule has 2 heterocycles. The summed E-state index contributed by atoms with van der Waals surface area (Å²) in [5.41, 5.74) is 2.16. The highest BCUT2D eigenvalue weighted by Crippen LogP contribution is 2.42. The Morgan fingerprint density at radius 1 is 1.48 bits per heavy atom. The van der Waals surface area contributed by atoms with Gasteiger partial charge in [0.1, 0.15) is 0 Å². The molecule has 1 atom stereocenters. The van der Waals surface area contributed by atoms with Crippen molar-refractivity contribution in [2.45, 2.75) is 37.8 Å². The lowest BCUT2D eigenvalue weighted by molar-refractivity contribution is 0.0925. The van der Waals surface area contributed by atoms with Crippen molar-refractivity contribution in [3.63, 3.8) is 0 Å². The topological polar surface area (TPSA) is 71.8 Å².